The van der Waals surface area contributed by atoms with Crippen LogP contribution in [-0.2, 0) is 6.54 Å². The minimum absolute atomic E-state index is 0.00961. The van der Waals surface area contributed by atoms with Gasteiger partial charge in [0.25, 0.3) is 5.91 Å². The normalized spacial score (nSPS) is 17.8. The maximum atomic E-state index is 12.1. The number of hydrogen-bond acceptors (Lipinski definition) is 4. The van der Waals surface area contributed by atoms with Crippen LogP contribution in [0.25, 0.3) is 0 Å². The SMILES string of the molecule is O=C(NC[C@H]1CCN(Cc2ccncc2Cl)C1)c1ccccc1O. The lowest BCUT2D eigenvalue weighted by atomic mass is 10.1. The van der Waals surface area contributed by atoms with Crippen molar-refractivity contribution in [1.29, 1.82) is 0 Å². The van der Waals surface area contributed by atoms with Crippen molar-refractivity contribution in [3.8, 4) is 5.75 Å². The first-order valence-corrected chi connectivity index (χ1v) is 8.38. The van der Waals surface area contributed by atoms with E-state index < -0.39 is 0 Å². The van der Waals surface area contributed by atoms with Gasteiger partial charge in [0.1, 0.15) is 5.75 Å². The third-order valence-electron chi connectivity index (χ3n) is 4.32. The van der Waals surface area contributed by atoms with Gasteiger partial charge in [-0.1, -0.05) is 23.7 Å². The number of aromatic hydroxyl groups is 1. The number of benzene rings is 1. The number of halogens is 1. The van der Waals surface area contributed by atoms with E-state index in [1.54, 1.807) is 30.6 Å². The summed E-state index contributed by atoms with van der Waals surface area (Å²) in [7, 11) is 0. The minimum atomic E-state index is -0.233. The number of amides is 1. The summed E-state index contributed by atoms with van der Waals surface area (Å²) in [6.45, 7) is 3.30. The average Bonchev–Trinajstić information content (AvgIpc) is 3.03. The highest BCUT2D eigenvalue weighted by molar-refractivity contribution is 6.31. The lowest BCUT2D eigenvalue weighted by Crippen LogP contribution is -2.31. The Morgan fingerprint density at radius 2 is 2.21 bits per heavy atom. The van der Waals surface area contributed by atoms with Crippen LogP contribution in [0.2, 0.25) is 5.02 Å². The molecule has 6 heteroatoms. The molecule has 0 unspecified atom stereocenters. The number of nitrogens with zero attached hydrogens (tertiary/aromatic N) is 2. The lowest BCUT2D eigenvalue weighted by Gasteiger charge is -2.17. The zero-order chi connectivity index (χ0) is 16.9. The van der Waals surface area contributed by atoms with E-state index in [2.05, 4.69) is 15.2 Å². The van der Waals surface area contributed by atoms with Gasteiger partial charge in [-0.05, 0) is 42.6 Å². The summed E-state index contributed by atoms with van der Waals surface area (Å²) in [4.78, 5) is 18.5. The van der Waals surface area contributed by atoms with Crippen molar-refractivity contribution in [1.82, 2.24) is 15.2 Å². The number of phenolic OH excluding ortho intramolecular Hbond substituents is 1. The number of carbonyl (C=O) groups is 1. The fraction of sp³-hybridized carbons (Fsp3) is 0.333. The number of likely N-dealkylation sites (tertiary alicyclic amines) is 1. The second-order valence-electron chi connectivity index (χ2n) is 6.08. The Morgan fingerprint density at radius 3 is 3.00 bits per heavy atom. The van der Waals surface area contributed by atoms with Gasteiger partial charge < -0.3 is 10.4 Å². The molecular formula is C18H20ClN3O2. The zero-order valence-electron chi connectivity index (χ0n) is 13.3. The summed E-state index contributed by atoms with van der Waals surface area (Å²) >= 11 is 6.15. The standard InChI is InChI=1S/C18H20ClN3O2/c19-16-10-20-7-5-14(16)12-22-8-6-13(11-22)9-21-18(24)15-3-1-2-4-17(15)23/h1-5,7,10,13,23H,6,8-9,11-12H2,(H,21,24)/t13-/m1/s1. The van der Waals surface area contributed by atoms with Gasteiger partial charge in [-0.2, -0.15) is 0 Å². The Kier molecular flexibility index (Phi) is 5.33. The first-order chi connectivity index (χ1) is 11.6. The largest absolute Gasteiger partial charge is 0.507 e. The Hall–Kier alpha value is -2.11. The number of pyridine rings is 1. The van der Waals surface area contributed by atoms with Crippen LogP contribution < -0.4 is 5.32 Å². The fourth-order valence-electron chi connectivity index (χ4n) is 2.99. The van der Waals surface area contributed by atoms with E-state index in [0.717, 1.165) is 31.6 Å². The van der Waals surface area contributed by atoms with E-state index in [1.165, 1.54) is 6.07 Å². The summed E-state index contributed by atoms with van der Waals surface area (Å²) in [6, 6.07) is 8.52. The third kappa shape index (κ3) is 4.04. The highest BCUT2D eigenvalue weighted by Gasteiger charge is 2.23. The van der Waals surface area contributed by atoms with Crippen molar-refractivity contribution in [3.05, 3.63) is 58.9 Å². The summed E-state index contributed by atoms with van der Waals surface area (Å²) in [5.74, 6) is 0.180. The molecule has 1 saturated heterocycles. The van der Waals surface area contributed by atoms with E-state index in [1.807, 2.05) is 6.07 Å². The van der Waals surface area contributed by atoms with Gasteiger partial charge in [0, 0.05) is 32.0 Å². The molecule has 1 atom stereocenters. The summed E-state index contributed by atoms with van der Waals surface area (Å²) in [5, 5.41) is 13.3. The van der Waals surface area contributed by atoms with Crippen molar-refractivity contribution in [2.24, 2.45) is 5.92 Å². The molecule has 0 aliphatic carbocycles. The molecule has 126 valence electrons. The molecule has 1 fully saturated rings. The zero-order valence-corrected chi connectivity index (χ0v) is 14.0. The maximum absolute atomic E-state index is 12.1. The third-order valence-corrected chi connectivity index (χ3v) is 4.66. The number of phenols is 1. The van der Waals surface area contributed by atoms with Gasteiger partial charge in [0.2, 0.25) is 0 Å². The highest BCUT2D eigenvalue weighted by Crippen LogP contribution is 2.22. The number of hydrogen-bond donors (Lipinski definition) is 2. The molecular weight excluding hydrogens is 326 g/mol. The first kappa shape index (κ1) is 16.7. The molecule has 24 heavy (non-hydrogen) atoms. The van der Waals surface area contributed by atoms with Crippen LogP contribution in [0.15, 0.2) is 42.7 Å². The van der Waals surface area contributed by atoms with Gasteiger partial charge in [0.15, 0.2) is 0 Å². The van der Waals surface area contributed by atoms with Gasteiger partial charge in [-0.25, -0.2) is 0 Å². The molecule has 0 radical (unpaired) electrons. The van der Waals surface area contributed by atoms with Crippen molar-refractivity contribution in [2.45, 2.75) is 13.0 Å². The van der Waals surface area contributed by atoms with E-state index >= 15 is 0 Å². The average molecular weight is 346 g/mol. The molecule has 1 aromatic carbocycles. The number of carbonyl (C=O) groups excluding carboxylic acids is 1. The second-order valence-corrected chi connectivity index (χ2v) is 6.49. The van der Waals surface area contributed by atoms with Crippen LogP contribution in [0.5, 0.6) is 5.75 Å². The molecule has 1 aliphatic heterocycles. The number of nitrogens with one attached hydrogen (secondary N) is 1. The monoisotopic (exact) mass is 345 g/mol. The molecule has 1 amide bonds. The van der Waals surface area contributed by atoms with E-state index in [9.17, 15) is 9.90 Å². The first-order valence-electron chi connectivity index (χ1n) is 8.00. The van der Waals surface area contributed by atoms with Crippen LogP contribution in [0.3, 0.4) is 0 Å². The predicted octanol–water partition coefficient (Wildman–Crippen LogP) is 2.69. The summed E-state index contributed by atoms with van der Waals surface area (Å²) in [6.07, 6.45) is 4.45. The van der Waals surface area contributed by atoms with Crippen LogP contribution in [0.1, 0.15) is 22.3 Å². The van der Waals surface area contributed by atoms with Gasteiger partial charge in [-0.3, -0.25) is 14.7 Å². The van der Waals surface area contributed by atoms with Crippen molar-refractivity contribution >= 4 is 17.5 Å². The highest BCUT2D eigenvalue weighted by atomic mass is 35.5. The minimum Gasteiger partial charge on any atom is -0.507 e. The number of aromatic nitrogens is 1. The molecule has 3 rings (SSSR count). The van der Waals surface area contributed by atoms with Crippen LogP contribution in [0, 0.1) is 5.92 Å². The Labute approximate surface area is 146 Å². The smallest absolute Gasteiger partial charge is 0.255 e. The van der Waals surface area contributed by atoms with E-state index in [4.69, 9.17) is 11.6 Å². The molecule has 5 nitrogen and oxygen atoms in total. The number of rotatable bonds is 5. The van der Waals surface area contributed by atoms with Gasteiger partial charge in [-0.15, -0.1) is 0 Å². The Bertz CT molecular complexity index is 723. The molecule has 1 aromatic heterocycles. The van der Waals surface area contributed by atoms with E-state index in [-0.39, 0.29) is 11.7 Å². The van der Waals surface area contributed by atoms with Crippen LogP contribution >= 0.6 is 11.6 Å². The Balaban J connectivity index is 1.49. The summed E-state index contributed by atoms with van der Waals surface area (Å²) in [5.41, 5.74) is 1.39. The topological polar surface area (TPSA) is 65.5 Å². The Morgan fingerprint density at radius 1 is 1.38 bits per heavy atom. The quantitative estimate of drug-likeness (QED) is 0.874. The van der Waals surface area contributed by atoms with Crippen LogP contribution in [0.4, 0.5) is 0 Å². The molecule has 0 saturated carbocycles. The molecule has 0 spiro atoms. The fourth-order valence-corrected chi connectivity index (χ4v) is 3.17. The molecule has 2 aromatic rings. The molecule has 1 aliphatic rings. The molecule has 2 N–H and O–H groups in total. The molecule has 0 bridgehead atoms. The van der Waals surface area contributed by atoms with E-state index in [0.29, 0.717) is 23.0 Å². The predicted molar refractivity (Wildman–Crippen MR) is 93.1 cm³/mol. The van der Waals surface area contributed by atoms with Crippen molar-refractivity contribution in [3.63, 3.8) is 0 Å². The van der Waals surface area contributed by atoms with Crippen molar-refractivity contribution in [2.75, 3.05) is 19.6 Å². The van der Waals surface area contributed by atoms with Gasteiger partial charge in [0.05, 0.1) is 10.6 Å². The number of para-hydroxylation sites is 1. The van der Waals surface area contributed by atoms with Crippen LogP contribution in [-0.4, -0.2) is 40.5 Å². The summed E-state index contributed by atoms with van der Waals surface area (Å²) < 4.78 is 0. The van der Waals surface area contributed by atoms with Crippen molar-refractivity contribution < 1.29 is 9.90 Å². The maximum Gasteiger partial charge on any atom is 0.255 e. The lowest BCUT2D eigenvalue weighted by molar-refractivity contribution is 0.0944. The molecule has 2 heterocycles. The van der Waals surface area contributed by atoms with Gasteiger partial charge >= 0.3 is 0 Å². The second kappa shape index (κ2) is 7.64.